The molecule has 0 aromatic heterocycles. The second kappa shape index (κ2) is 8.55. The van der Waals surface area contributed by atoms with Crippen LogP contribution in [0.1, 0.15) is 54.1 Å². The van der Waals surface area contributed by atoms with Gasteiger partial charge in [-0.3, -0.25) is 0 Å². The molecule has 0 spiro atoms. The van der Waals surface area contributed by atoms with Gasteiger partial charge in [0.1, 0.15) is 5.82 Å². The highest BCUT2D eigenvalue weighted by Crippen LogP contribution is 2.38. The molecule has 2 aromatic rings. The summed E-state index contributed by atoms with van der Waals surface area (Å²) >= 11 is 0. The van der Waals surface area contributed by atoms with Gasteiger partial charge >= 0.3 is 12.4 Å². The van der Waals surface area contributed by atoms with Crippen LogP contribution in [-0.2, 0) is 12.4 Å². The molecule has 164 valence electrons. The van der Waals surface area contributed by atoms with Crippen LogP contribution in [0.25, 0.3) is 0 Å². The first-order valence-corrected chi connectivity index (χ1v) is 9.49. The molecule has 2 N–H and O–H groups in total. The maximum atomic E-state index is 13.2. The monoisotopic (exact) mass is 434 g/mol. The van der Waals surface area contributed by atoms with Crippen molar-refractivity contribution in [2.24, 2.45) is 0 Å². The molecule has 1 aliphatic rings. The minimum Gasteiger partial charge on any atom is -0.309 e. The van der Waals surface area contributed by atoms with Crippen molar-refractivity contribution < 1.29 is 30.7 Å². The molecule has 1 heterocycles. The Bertz CT molecular complexity index is 827. The van der Waals surface area contributed by atoms with Crippen LogP contribution in [0.3, 0.4) is 0 Å². The van der Waals surface area contributed by atoms with Crippen molar-refractivity contribution in [3.63, 3.8) is 0 Å². The fourth-order valence-electron chi connectivity index (χ4n) is 3.73. The van der Waals surface area contributed by atoms with Crippen molar-refractivity contribution >= 4 is 0 Å². The average Bonchev–Trinajstić information content (AvgIpc) is 2.67. The predicted octanol–water partition coefficient (Wildman–Crippen LogP) is 6.01. The molecule has 2 nitrogen and oxygen atoms in total. The summed E-state index contributed by atoms with van der Waals surface area (Å²) < 4.78 is 92.1. The van der Waals surface area contributed by atoms with Crippen LogP contribution >= 0.6 is 0 Å². The zero-order valence-corrected chi connectivity index (χ0v) is 16.0. The van der Waals surface area contributed by atoms with Crippen LogP contribution in [0.5, 0.6) is 0 Å². The lowest BCUT2D eigenvalue weighted by atomic mass is 9.90. The number of nitrogens with one attached hydrogen (secondary N) is 2. The highest BCUT2D eigenvalue weighted by atomic mass is 19.4. The van der Waals surface area contributed by atoms with Gasteiger partial charge in [0.05, 0.1) is 11.1 Å². The van der Waals surface area contributed by atoms with Crippen molar-refractivity contribution in [1.29, 1.82) is 0 Å². The van der Waals surface area contributed by atoms with Crippen LogP contribution < -0.4 is 10.6 Å². The van der Waals surface area contributed by atoms with Crippen LogP contribution in [0.15, 0.2) is 42.5 Å². The molecule has 0 bridgehead atoms. The first-order chi connectivity index (χ1) is 13.9. The summed E-state index contributed by atoms with van der Waals surface area (Å²) in [5.41, 5.74) is -1.97. The summed E-state index contributed by atoms with van der Waals surface area (Å²) in [5, 5.41) is 6.45. The number of alkyl halides is 6. The summed E-state index contributed by atoms with van der Waals surface area (Å²) in [7, 11) is 0. The molecule has 0 radical (unpaired) electrons. The Balaban J connectivity index is 1.88. The molecule has 3 rings (SSSR count). The summed E-state index contributed by atoms with van der Waals surface area (Å²) in [6.07, 6.45) is -8.32. The van der Waals surface area contributed by atoms with Gasteiger partial charge in [-0.15, -0.1) is 0 Å². The number of rotatable bonds is 4. The normalized spacial score (nSPS) is 21.5. The lowest BCUT2D eigenvalue weighted by Gasteiger charge is -2.36. The molecule has 30 heavy (non-hydrogen) atoms. The quantitative estimate of drug-likeness (QED) is 0.576. The molecule has 1 fully saturated rings. The van der Waals surface area contributed by atoms with Crippen LogP contribution in [0.4, 0.5) is 30.7 Å². The predicted molar refractivity (Wildman–Crippen MR) is 98.2 cm³/mol. The summed E-state index contributed by atoms with van der Waals surface area (Å²) in [6.45, 7) is 2.24. The molecular formula is C21H21F7N2. The zero-order valence-electron chi connectivity index (χ0n) is 16.0. The van der Waals surface area contributed by atoms with E-state index in [1.54, 1.807) is 12.1 Å². The van der Waals surface area contributed by atoms with Gasteiger partial charge in [-0.2, -0.15) is 26.3 Å². The largest absolute Gasteiger partial charge is 0.416 e. The summed E-state index contributed by atoms with van der Waals surface area (Å²) in [6, 6.07) is 6.22. The van der Waals surface area contributed by atoms with E-state index in [0.29, 0.717) is 13.0 Å². The minimum absolute atomic E-state index is 0.0967. The van der Waals surface area contributed by atoms with E-state index >= 15 is 0 Å². The van der Waals surface area contributed by atoms with Gasteiger partial charge in [-0.1, -0.05) is 12.1 Å². The molecule has 1 unspecified atom stereocenters. The third-order valence-corrected chi connectivity index (χ3v) is 5.26. The van der Waals surface area contributed by atoms with E-state index in [9.17, 15) is 30.7 Å². The van der Waals surface area contributed by atoms with E-state index < -0.39 is 35.3 Å². The molecule has 9 heteroatoms. The van der Waals surface area contributed by atoms with Crippen molar-refractivity contribution in [2.45, 2.75) is 50.2 Å². The van der Waals surface area contributed by atoms with E-state index in [-0.39, 0.29) is 23.7 Å². The zero-order chi connectivity index (χ0) is 22.1. The molecular weight excluding hydrogens is 413 g/mol. The Morgan fingerprint density at radius 2 is 1.50 bits per heavy atom. The van der Waals surface area contributed by atoms with Gasteiger partial charge in [0, 0.05) is 18.1 Å². The maximum absolute atomic E-state index is 13.2. The lowest BCUT2D eigenvalue weighted by molar-refractivity contribution is -0.143. The number of piperidine rings is 1. The molecule has 0 amide bonds. The fourth-order valence-corrected chi connectivity index (χ4v) is 3.73. The number of benzene rings is 2. The van der Waals surface area contributed by atoms with Gasteiger partial charge in [0.25, 0.3) is 0 Å². The van der Waals surface area contributed by atoms with Crippen molar-refractivity contribution in [3.8, 4) is 0 Å². The summed E-state index contributed by atoms with van der Waals surface area (Å²) in [4.78, 5) is 0. The Kier molecular flexibility index (Phi) is 6.43. The van der Waals surface area contributed by atoms with E-state index in [2.05, 4.69) is 10.6 Å². The van der Waals surface area contributed by atoms with Gasteiger partial charge in [-0.25, -0.2) is 4.39 Å². The minimum atomic E-state index is -4.89. The van der Waals surface area contributed by atoms with Crippen LogP contribution in [0.2, 0.25) is 0 Å². The SMILES string of the molecule is CC(N[C@H]1CCCN[C@H]1c1ccc(F)cc1)c1cc(C(F)(F)F)cc(C(F)(F)F)c1. The van der Waals surface area contributed by atoms with Crippen molar-refractivity contribution in [2.75, 3.05) is 6.54 Å². The fraction of sp³-hybridized carbons (Fsp3) is 0.429. The third-order valence-electron chi connectivity index (χ3n) is 5.26. The highest BCUT2D eigenvalue weighted by molar-refractivity contribution is 5.35. The number of halogens is 7. The van der Waals surface area contributed by atoms with E-state index in [1.807, 2.05) is 0 Å². The first-order valence-electron chi connectivity index (χ1n) is 9.49. The van der Waals surface area contributed by atoms with Crippen LogP contribution in [0, 0.1) is 5.82 Å². The molecule has 3 atom stereocenters. The van der Waals surface area contributed by atoms with Crippen molar-refractivity contribution in [3.05, 3.63) is 70.5 Å². The molecule has 1 aliphatic heterocycles. The Hall–Kier alpha value is -2.13. The summed E-state index contributed by atoms with van der Waals surface area (Å²) in [5.74, 6) is -0.393. The van der Waals surface area contributed by atoms with Gasteiger partial charge in [-0.05, 0) is 67.8 Å². The number of hydrogen-bond donors (Lipinski definition) is 2. The Morgan fingerprint density at radius 3 is 2.03 bits per heavy atom. The van der Waals surface area contributed by atoms with E-state index in [4.69, 9.17) is 0 Å². The van der Waals surface area contributed by atoms with Crippen LogP contribution in [-0.4, -0.2) is 12.6 Å². The molecule has 1 saturated heterocycles. The van der Waals surface area contributed by atoms with E-state index in [1.165, 1.54) is 19.1 Å². The smallest absolute Gasteiger partial charge is 0.309 e. The van der Waals surface area contributed by atoms with Gasteiger partial charge in [0.15, 0.2) is 0 Å². The maximum Gasteiger partial charge on any atom is 0.416 e. The topological polar surface area (TPSA) is 24.1 Å². The molecule has 0 aliphatic carbocycles. The number of hydrogen-bond acceptors (Lipinski definition) is 2. The third kappa shape index (κ3) is 5.31. The second-order valence-electron chi connectivity index (χ2n) is 7.46. The highest BCUT2D eigenvalue weighted by Gasteiger charge is 2.37. The van der Waals surface area contributed by atoms with Gasteiger partial charge < -0.3 is 10.6 Å². The van der Waals surface area contributed by atoms with Crippen molar-refractivity contribution in [1.82, 2.24) is 10.6 Å². The Labute approximate surface area is 169 Å². The average molecular weight is 434 g/mol. The van der Waals surface area contributed by atoms with E-state index in [0.717, 1.165) is 24.1 Å². The lowest BCUT2D eigenvalue weighted by Crippen LogP contribution is -2.46. The molecule has 0 saturated carbocycles. The van der Waals surface area contributed by atoms with Gasteiger partial charge in [0.2, 0.25) is 0 Å². The second-order valence-corrected chi connectivity index (χ2v) is 7.46. The molecule has 2 aromatic carbocycles. The standard InChI is InChI=1S/C21H21F7N2/c1-12(14-9-15(20(23,24)25)11-16(10-14)21(26,27)28)30-18-3-2-8-29-19(18)13-4-6-17(22)7-5-13/h4-7,9-12,18-19,29-30H,2-3,8H2,1H3/t12?,18-,19-/m0/s1. The first kappa shape index (κ1) is 22.6. The Morgan fingerprint density at radius 1 is 0.933 bits per heavy atom.